The zero-order chi connectivity index (χ0) is 23.0. The summed E-state index contributed by atoms with van der Waals surface area (Å²) in [4.78, 5) is 16.4. The van der Waals surface area contributed by atoms with E-state index in [1.54, 1.807) is 14.0 Å². The first kappa shape index (κ1) is 22.3. The third-order valence-corrected chi connectivity index (χ3v) is 6.98. The first-order valence-electron chi connectivity index (χ1n) is 11.4. The van der Waals surface area contributed by atoms with Crippen molar-refractivity contribution in [3.05, 3.63) is 46.5 Å². The number of amides is 1. The van der Waals surface area contributed by atoms with Crippen LogP contribution < -0.4 is 24.6 Å². The maximum Gasteiger partial charge on any atom is 0.217 e. The Morgan fingerprint density at radius 3 is 2.25 bits per heavy atom. The first-order valence-corrected chi connectivity index (χ1v) is 11.4. The molecule has 1 N–H and O–H groups in total. The Kier molecular flexibility index (Phi) is 5.97. The summed E-state index contributed by atoms with van der Waals surface area (Å²) >= 11 is 0. The van der Waals surface area contributed by atoms with E-state index in [2.05, 4.69) is 54.9 Å². The first-order chi connectivity index (χ1) is 15.2. The van der Waals surface area contributed by atoms with Gasteiger partial charge in [0.2, 0.25) is 5.91 Å². The summed E-state index contributed by atoms with van der Waals surface area (Å²) in [6.07, 6.45) is 0.814. The lowest BCUT2D eigenvalue weighted by Gasteiger charge is -2.39. The van der Waals surface area contributed by atoms with Gasteiger partial charge in [-0.1, -0.05) is 0 Å². The summed E-state index contributed by atoms with van der Waals surface area (Å²) in [5.41, 5.74) is 7.30. The van der Waals surface area contributed by atoms with Crippen molar-refractivity contribution in [2.24, 2.45) is 0 Å². The number of anilines is 2. The molecule has 2 aliphatic rings. The van der Waals surface area contributed by atoms with Crippen LogP contribution in [0.4, 0.5) is 11.4 Å². The molecule has 0 spiro atoms. The lowest BCUT2D eigenvalue weighted by molar-refractivity contribution is -0.119. The molecular weight excluding hydrogens is 402 g/mol. The van der Waals surface area contributed by atoms with Gasteiger partial charge in [-0.05, 0) is 68.7 Å². The highest BCUT2D eigenvalue weighted by atomic mass is 16.5. The van der Waals surface area contributed by atoms with E-state index in [0.717, 1.165) is 44.1 Å². The third-order valence-electron chi connectivity index (χ3n) is 6.98. The van der Waals surface area contributed by atoms with Gasteiger partial charge in [0.05, 0.1) is 13.7 Å². The molecule has 0 saturated carbocycles. The molecule has 0 aliphatic carbocycles. The van der Waals surface area contributed by atoms with E-state index in [4.69, 9.17) is 9.47 Å². The second-order valence-electron chi connectivity index (χ2n) is 9.34. The smallest absolute Gasteiger partial charge is 0.217 e. The highest BCUT2D eigenvalue weighted by Crippen LogP contribution is 2.45. The number of hydrogen-bond acceptors (Lipinski definition) is 5. The van der Waals surface area contributed by atoms with Crippen molar-refractivity contribution < 1.29 is 14.3 Å². The van der Waals surface area contributed by atoms with Crippen LogP contribution in [-0.2, 0) is 11.2 Å². The fraction of sp³-hybridized carbons (Fsp3) is 0.500. The molecule has 1 saturated heterocycles. The summed E-state index contributed by atoms with van der Waals surface area (Å²) in [6, 6.07) is 8.32. The molecular formula is C26H35N3O3. The summed E-state index contributed by atoms with van der Waals surface area (Å²) < 4.78 is 11.7. The van der Waals surface area contributed by atoms with Crippen molar-refractivity contribution in [2.75, 3.05) is 49.6 Å². The summed E-state index contributed by atoms with van der Waals surface area (Å²) in [7, 11) is 1.70. The van der Waals surface area contributed by atoms with Crippen LogP contribution in [0.15, 0.2) is 24.3 Å². The summed E-state index contributed by atoms with van der Waals surface area (Å²) in [6.45, 7) is 14.7. The minimum atomic E-state index is -0.401. The predicted octanol–water partition coefficient (Wildman–Crippen LogP) is 3.78. The van der Waals surface area contributed by atoms with Crippen LogP contribution in [0, 0.1) is 20.8 Å². The van der Waals surface area contributed by atoms with Crippen LogP contribution in [-0.4, -0.2) is 51.3 Å². The monoisotopic (exact) mass is 437 g/mol. The van der Waals surface area contributed by atoms with E-state index in [9.17, 15) is 4.79 Å². The van der Waals surface area contributed by atoms with E-state index in [-0.39, 0.29) is 5.91 Å². The Labute approximate surface area is 191 Å². The van der Waals surface area contributed by atoms with E-state index in [0.29, 0.717) is 6.54 Å². The zero-order valence-corrected chi connectivity index (χ0v) is 20.2. The minimum Gasteiger partial charge on any atom is -0.497 e. The van der Waals surface area contributed by atoms with Crippen LogP contribution in [0.1, 0.15) is 36.1 Å². The molecule has 2 heterocycles. The molecule has 1 unspecified atom stereocenters. The second-order valence-corrected chi connectivity index (χ2v) is 9.34. The molecule has 1 atom stereocenters. The Morgan fingerprint density at radius 2 is 1.66 bits per heavy atom. The van der Waals surface area contributed by atoms with Gasteiger partial charge in [-0.2, -0.15) is 0 Å². The second kappa shape index (κ2) is 8.57. The van der Waals surface area contributed by atoms with E-state index in [1.807, 2.05) is 12.1 Å². The summed E-state index contributed by atoms with van der Waals surface area (Å²) in [5.74, 6) is 1.87. The van der Waals surface area contributed by atoms with Gasteiger partial charge in [0.25, 0.3) is 0 Å². The molecule has 4 rings (SSSR count). The number of benzene rings is 2. The topological polar surface area (TPSA) is 54.0 Å². The van der Waals surface area contributed by atoms with Crippen LogP contribution in [0.25, 0.3) is 0 Å². The van der Waals surface area contributed by atoms with Gasteiger partial charge < -0.3 is 24.6 Å². The number of rotatable bonds is 5. The highest BCUT2D eigenvalue weighted by Gasteiger charge is 2.39. The van der Waals surface area contributed by atoms with Crippen LogP contribution >= 0.6 is 0 Å². The minimum absolute atomic E-state index is 0.0224. The molecule has 1 amide bonds. The molecule has 172 valence electrons. The van der Waals surface area contributed by atoms with Gasteiger partial charge in [-0.15, -0.1) is 0 Å². The Balaban J connectivity index is 1.53. The number of nitrogens with zero attached hydrogens (tertiary/aromatic N) is 2. The van der Waals surface area contributed by atoms with Gasteiger partial charge in [-0.25, -0.2) is 0 Å². The molecule has 6 nitrogen and oxygen atoms in total. The molecule has 2 aromatic carbocycles. The third kappa shape index (κ3) is 4.10. The summed E-state index contributed by atoms with van der Waals surface area (Å²) in [5, 5.41) is 2.93. The van der Waals surface area contributed by atoms with Crippen LogP contribution in [0.5, 0.6) is 11.5 Å². The highest BCUT2D eigenvalue weighted by molar-refractivity contribution is 5.73. The van der Waals surface area contributed by atoms with Gasteiger partial charge in [0.15, 0.2) is 0 Å². The molecule has 2 aromatic rings. The lowest BCUT2D eigenvalue weighted by atomic mass is 9.91. The van der Waals surface area contributed by atoms with Gasteiger partial charge in [0.1, 0.15) is 17.1 Å². The lowest BCUT2D eigenvalue weighted by Crippen LogP contribution is -2.47. The zero-order valence-electron chi connectivity index (χ0n) is 20.2. The quantitative estimate of drug-likeness (QED) is 0.772. The number of carbonyl (C=O) groups is 1. The average Bonchev–Trinajstić information content (AvgIpc) is 3.15. The number of ether oxygens (including phenoxy) is 2. The number of carbonyl (C=O) groups excluding carboxylic acids is 1. The van der Waals surface area contributed by atoms with Gasteiger partial charge in [-0.3, -0.25) is 4.79 Å². The number of hydrogen-bond donors (Lipinski definition) is 1. The maximum atomic E-state index is 11.4. The molecule has 1 fully saturated rings. The number of nitrogens with one attached hydrogen (secondary N) is 1. The van der Waals surface area contributed by atoms with E-state index < -0.39 is 5.60 Å². The number of fused-ring (bicyclic) bond motifs is 1. The molecule has 2 aliphatic heterocycles. The average molecular weight is 438 g/mol. The predicted molar refractivity (Wildman–Crippen MR) is 129 cm³/mol. The van der Waals surface area contributed by atoms with Crippen LogP contribution in [0.3, 0.4) is 0 Å². The fourth-order valence-corrected chi connectivity index (χ4v) is 5.04. The van der Waals surface area contributed by atoms with E-state index in [1.165, 1.54) is 33.6 Å². The van der Waals surface area contributed by atoms with Crippen molar-refractivity contribution >= 4 is 17.3 Å². The maximum absolute atomic E-state index is 11.4. The van der Waals surface area contributed by atoms with Crippen molar-refractivity contribution in [3.63, 3.8) is 0 Å². The Hall–Kier alpha value is -2.89. The van der Waals surface area contributed by atoms with Crippen molar-refractivity contribution in [1.82, 2.24) is 5.32 Å². The SMILES string of the molecule is COc1ccc(N2CCN(c3c(C)c(C)c4c(c3C)CC(C)(CNC(C)=O)O4)CC2)cc1. The fourth-order valence-electron chi connectivity index (χ4n) is 5.04. The normalized spacial score (nSPS) is 20.1. The molecule has 32 heavy (non-hydrogen) atoms. The molecule has 6 heteroatoms. The van der Waals surface area contributed by atoms with Gasteiger partial charge in [0, 0.05) is 56.5 Å². The van der Waals surface area contributed by atoms with E-state index >= 15 is 0 Å². The van der Waals surface area contributed by atoms with Crippen LogP contribution in [0.2, 0.25) is 0 Å². The standard InChI is InChI=1S/C26H35N3O3/c1-17-18(2)25-23(15-26(5,32-25)16-27-20(4)30)19(3)24(17)29-13-11-28(12-14-29)21-7-9-22(31-6)10-8-21/h7-10H,11-16H2,1-6H3,(H,27,30). The molecule has 0 radical (unpaired) electrons. The molecule has 0 aromatic heterocycles. The van der Waals surface area contributed by atoms with Crippen molar-refractivity contribution in [1.29, 1.82) is 0 Å². The Morgan fingerprint density at radius 1 is 1.03 bits per heavy atom. The van der Waals surface area contributed by atoms with Gasteiger partial charge >= 0.3 is 0 Å². The van der Waals surface area contributed by atoms with Crippen molar-refractivity contribution in [2.45, 2.75) is 46.6 Å². The Bertz CT molecular complexity index is 1010. The van der Waals surface area contributed by atoms with Crippen molar-refractivity contribution in [3.8, 4) is 11.5 Å². The number of piperazine rings is 1. The molecule has 0 bridgehead atoms. The number of methoxy groups -OCH3 is 1. The largest absolute Gasteiger partial charge is 0.497 e.